The fourth-order valence-electron chi connectivity index (χ4n) is 3.71. The molecule has 0 radical (unpaired) electrons. The van der Waals surface area contributed by atoms with Crippen LogP contribution in [0, 0.1) is 17.8 Å². The fourth-order valence-corrected chi connectivity index (χ4v) is 3.71. The van der Waals surface area contributed by atoms with Crippen molar-refractivity contribution in [3.63, 3.8) is 0 Å². The maximum Gasteiger partial charge on any atom is 0.330 e. The molecule has 0 unspecified atom stereocenters. The van der Waals surface area contributed by atoms with E-state index in [-0.39, 0.29) is 50.8 Å². The highest BCUT2D eigenvalue weighted by Crippen LogP contribution is 2.07. The van der Waals surface area contributed by atoms with Gasteiger partial charge in [0.1, 0.15) is 20.2 Å². The van der Waals surface area contributed by atoms with Crippen LogP contribution < -0.4 is 33.7 Å². The molecule has 5 N–H and O–H groups in total. The van der Waals surface area contributed by atoms with Crippen LogP contribution in [0.5, 0.6) is 0 Å². The molecule has 0 saturated heterocycles. The van der Waals surface area contributed by atoms with Gasteiger partial charge in [-0.25, -0.2) is 14.4 Å². The first-order valence-electron chi connectivity index (χ1n) is 15.9. The van der Waals surface area contributed by atoms with Crippen LogP contribution in [0.25, 0.3) is 0 Å². The first-order valence-corrected chi connectivity index (χ1v) is 15.9. The summed E-state index contributed by atoms with van der Waals surface area (Å²) in [5.74, 6) is 0.690. The van der Waals surface area contributed by atoms with Crippen molar-refractivity contribution in [1.82, 2.24) is 28.7 Å². The van der Waals surface area contributed by atoms with Crippen LogP contribution >= 0.6 is 0 Å². The Morgan fingerprint density at radius 2 is 0.792 bits per heavy atom. The lowest BCUT2D eigenvalue weighted by atomic mass is 10.1. The van der Waals surface area contributed by atoms with E-state index in [1.54, 1.807) is 0 Å². The Morgan fingerprint density at radius 3 is 1.02 bits per heavy atom. The number of hydrogen-bond acceptors (Lipinski definition) is 11. The van der Waals surface area contributed by atoms with E-state index in [2.05, 4.69) is 28.8 Å². The van der Waals surface area contributed by atoms with Gasteiger partial charge in [-0.1, -0.05) is 40.5 Å². The highest BCUT2D eigenvalue weighted by molar-refractivity contribution is 4.83. The summed E-state index contributed by atoms with van der Waals surface area (Å²) >= 11 is 0. The number of aromatic nitrogens is 6. The zero-order chi connectivity index (χ0) is 35.9. The lowest BCUT2D eigenvalue weighted by Crippen LogP contribution is -2.29. The predicted molar refractivity (Wildman–Crippen MR) is 178 cm³/mol. The highest BCUT2D eigenvalue weighted by atomic mass is 16.5. The lowest BCUT2D eigenvalue weighted by molar-refractivity contribution is 0.0295. The van der Waals surface area contributed by atoms with Gasteiger partial charge in [-0.3, -0.25) is 43.0 Å². The molecule has 0 saturated carbocycles. The van der Waals surface area contributed by atoms with Crippen LogP contribution in [0.2, 0.25) is 0 Å². The van der Waals surface area contributed by atoms with Gasteiger partial charge in [0.05, 0.1) is 19.8 Å². The van der Waals surface area contributed by atoms with Crippen molar-refractivity contribution in [2.45, 2.75) is 73.6 Å². The van der Waals surface area contributed by atoms with Gasteiger partial charge in [0.15, 0.2) is 0 Å². The second-order valence-electron chi connectivity index (χ2n) is 10.8. The standard InChI is InChI=1S/C11H18N2O3.2C10H16N2O4/c1-3-9(4-2)7-16-8-13-6-5-10(14)12-11(13)15;2*1-2-8(5-13)6-16-7-12-4-3-9(14)11-10(12)15/h5-6,9H,3-4,7-8H2,1-2H3,(H,12,14,15);2*3-4,8,13H,2,5-7H2,1H3,(H,11,14,15)/t;2*8-/m.10/s1. The number of nitrogens with zero attached hydrogens (tertiary/aromatic N) is 3. The Bertz CT molecular complexity index is 1450. The molecule has 0 spiro atoms. The summed E-state index contributed by atoms with van der Waals surface area (Å²) in [7, 11) is 0. The molecule has 3 heterocycles. The van der Waals surface area contributed by atoms with Crippen molar-refractivity contribution in [3.8, 4) is 0 Å². The smallest absolute Gasteiger partial charge is 0.330 e. The lowest BCUT2D eigenvalue weighted by Gasteiger charge is -2.13. The molecular formula is C31H50N6O11. The third-order valence-electron chi connectivity index (χ3n) is 7.27. The van der Waals surface area contributed by atoms with Crippen molar-refractivity contribution in [3.05, 3.63) is 99.3 Å². The largest absolute Gasteiger partial charge is 0.396 e. The number of nitrogens with one attached hydrogen (secondary N) is 3. The molecule has 0 aliphatic carbocycles. The number of aromatic amines is 3. The summed E-state index contributed by atoms with van der Waals surface area (Å²) in [4.78, 5) is 72.5. The first-order chi connectivity index (χ1) is 23.0. The van der Waals surface area contributed by atoms with Crippen molar-refractivity contribution >= 4 is 0 Å². The number of aliphatic hydroxyl groups excluding tert-OH is 2. The van der Waals surface area contributed by atoms with Crippen LogP contribution in [0.4, 0.5) is 0 Å². The van der Waals surface area contributed by atoms with Crippen molar-refractivity contribution in [2.75, 3.05) is 33.0 Å². The summed E-state index contributed by atoms with van der Waals surface area (Å²) in [6.45, 7) is 10.0. The van der Waals surface area contributed by atoms with Crippen LogP contribution in [0.15, 0.2) is 65.6 Å². The van der Waals surface area contributed by atoms with E-state index in [1.165, 1.54) is 50.5 Å². The van der Waals surface area contributed by atoms with Crippen LogP contribution in [-0.4, -0.2) is 71.9 Å². The monoisotopic (exact) mass is 682 g/mol. The van der Waals surface area contributed by atoms with Gasteiger partial charge in [0, 0.05) is 61.8 Å². The van der Waals surface area contributed by atoms with Crippen LogP contribution in [0.3, 0.4) is 0 Å². The molecule has 48 heavy (non-hydrogen) atoms. The minimum Gasteiger partial charge on any atom is -0.396 e. The predicted octanol–water partition coefficient (Wildman–Crippen LogP) is 0.00530. The Kier molecular flexibility index (Phi) is 21.0. The van der Waals surface area contributed by atoms with Gasteiger partial charge in [0.2, 0.25) is 0 Å². The van der Waals surface area contributed by atoms with Gasteiger partial charge >= 0.3 is 17.1 Å². The Balaban J connectivity index is 0.000000360. The number of hydrogen-bond donors (Lipinski definition) is 5. The van der Waals surface area contributed by atoms with Crippen LogP contribution in [0.1, 0.15) is 53.4 Å². The summed E-state index contributed by atoms with van der Waals surface area (Å²) in [5, 5.41) is 17.8. The molecule has 2 atom stereocenters. The molecule has 0 bridgehead atoms. The first kappa shape index (κ1) is 41.9. The van der Waals surface area contributed by atoms with E-state index < -0.39 is 28.2 Å². The number of rotatable bonds is 18. The van der Waals surface area contributed by atoms with Crippen molar-refractivity contribution in [2.24, 2.45) is 17.8 Å². The summed E-state index contributed by atoms with van der Waals surface area (Å²) in [6, 6.07) is 3.82. The van der Waals surface area contributed by atoms with E-state index in [4.69, 9.17) is 24.4 Å². The summed E-state index contributed by atoms with van der Waals surface area (Å²) < 4.78 is 19.8. The minimum atomic E-state index is -0.496. The van der Waals surface area contributed by atoms with Gasteiger partial charge in [-0.05, 0) is 18.8 Å². The van der Waals surface area contributed by atoms with Crippen molar-refractivity contribution < 1.29 is 24.4 Å². The molecule has 0 fully saturated rings. The third-order valence-corrected chi connectivity index (χ3v) is 7.27. The molecule has 3 rings (SSSR count). The highest BCUT2D eigenvalue weighted by Gasteiger charge is 2.06. The van der Waals surface area contributed by atoms with E-state index in [0.29, 0.717) is 25.7 Å². The maximum absolute atomic E-state index is 11.3. The molecule has 17 nitrogen and oxygen atoms in total. The molecular weight excluding hydrogens is 632 g/mol. The number of aliphatic hydroxyl groups is 2. The number of H-pyrrole nitrogens is 3. The molecule has 17 heteroatoms. The Morgan fingerprint density at radius 1 is 0.521 bits per heavy atom. The number of ether oxygens (including phenoxy) is 3. The van der Waals surface area contributed by atoms with Gasteiger partial charge < -0.3 is 24.4 Å². The summed E-state index contributed by atoms with van der Waals surface area (Å²) in [6.07, 6.45) is 7.96. The second kappa shape index (κ2) is 24.1. The average molecular weight is 683 g/mol. The molecule has 0 aliphatic rings. The molecule has 270 valence electrons. The zero-order valence-corrected chi connectivity index (χ0v) is 28.1. The Labute approximate surface area is 276 Å². The average Bonchev–Trinajstić information content (AvgIpc) is 3.07. The molecule has 3 aromatic heterocycles. The molecule has 3 aromatic rings. The Hall–Kier alpha value is -4.16. The van der Waals surface area contributed by atoms with E-state index in [1.807, 2.05) is 13.8 Å². The zero-order valence-electron chi connectivity index (χ0n) is 28.1. The van der Waals surface area contributed by atoms with E-state index in [9.17, 15) is 28.8 Å². The summed E-state index contributed by atoms with van der Waals surface area (Å²) in [5.41, 5.74) is -2.67. The molecule has 0 aliphatic heterocycles. The minimum absolute atomic E-state index is 0.0665. The van der Waals surface area contributed by atoms with Crippen molar-refractivity contribution in [1.29, 1.82) is 0 Å². The second-order valence-corrected chi connectivity index (χ2v) is 10.8. The van der Waals surface area contributed by atoms with Gasteiger partial charge in [-0.15, -0.1) is 0 Å². The van der Waals surface area contributed by atoms with E-state index >= 15 is 0 Å². The molecule has 0 aromatic carbocycles. The fraction of sp³-hybridized carbons (Fsp3) is 0.613. The quantitative estimate of drug-likeness (QED) is 0.120. The van der Waals surface area contributed by atoms with Gasteiger partial charge in [-0.2, -0.15) is 0 Å². The topological polar surface area (TPSA) is 233 Å². The van der Waals surface area contributed by atoms with Gasteiger partial charge in [0.25, 0.3) is 16.7 Å². The van der Waals surface area contributed by atoms with Crippen LogP contribution in [-0.2, 0) is 34.4 Å². The molecule has 0 amide bonds. The SMILES string of the molecule is CCC(CC)COCn1ccc(=O)[nH]c1=O.CC[C@@H](CO)COCn1ccc(=O)[nH]c1=O.CC[C@H](CO)COCn1ccc(=O)[nH]c1=O. The maximum atomic E-state index is 11.3. The normalized spacial score (nSPS) is 12.1. The van der Waals surface area contributed by atoms with E-state index in [0.717, 1.165) is 25.7 Å². The third kappa shape index (κ3) is 16.6.